The molecule has 0 spiro atoms. The summed E-state index contributed by atoms with van der Waals surface area (Å²) in [4.78, 5) is 21.9. The number of nitrogens with one attached hydrogen (secondary N) is 1. The monoisotopic (exact) mass is 485 g/mol. The van der Waals surface area contributed by atoms with Gasteiger partial charge in [-0.1, -0.05) is 42.3 Å². The van der Waals surface area contributed by atoms with Gasteiger partial charge in [-0.15, -0.1) is 0 Å². The van der Waals surface area contributed by atoms with E-state index < -0.39 is 0 Å². The Kier molecular flexibility index (Phi) is 6.58. The van der Waals surface area contributed by atoms with E-state index in [0.717, 1.165) is 41.9 Å². The van der Waals surface area contributed by atoms with Gasteiger partial charge in [0.15, 0.2) is 5.76 Å². The van der Waals surface area contributed by atoms with Crippen molar-refractivity contribution in [3.63, 3.8) is 0 Å². The minimum atomic E-state index is 0. The summed E-state index contributed by atoms with van der Waals surface area (Å²) >= 11 is 0. The maximum absolute atomic E-state index is 12.5. The molecule has 0 amide bonds. The van der Waals surface area contributed by atoms with Gasteiger partial charge in [0.25, 0.3) is 5.56 Å². The molecule has 1 N–H and O–H groups in total. The predicted octanol–water partition coefficient (Wildman–Crippen LogP) is 6.18. The van der Waals surface area contributed by atoms with E-state index >= 15 is 0 Å². The number of hydrogen-bond donors (Lipinski definition) is 1. The lowest BCUT2D eigenvalue weighted by atomic mass is 10.1. The van der Waals surface area contributed by atoms with Crippen molar-refractivity contribution in [2.75, 3.05) is 0 Å². The maximum Gasteiger partial charge on any atom is 0.250 e. The van der Waals surface area contributed by atoms with Crippen LogP contribution in [0.15, 0.2) is 64.2 Å². The van der Waals surface area contributed by atoms with E-state index in [1.54, 1.807) is 12.3 Å². The number of hydrogen-bond acceptors (Lipinski definition) is 6. The van der Waals surface area contributed by atoms with E-state index in [4.69, 9.17) is 9.51 Å². The van der Waals surface area contributed by atoms with Crippen LogP contribution < -0.4 is 10.9 Å². The summed E-state index contributed by atoms with van der Waals surface area (Å²) in [5, 5.41) is 7.80. The summed E-state index contributed by atoms with van der Waals surface area (Å²) in [6.07, 6.45) is 8.09. The molecule has 188 valence electrons. The van der Waals surface area contributed by atoms with E-state index in [-0.39, 0.29) is 18.6 Å². The van der Waals surface area contributed by atoms with Crippen LogP contribution in [0.3, 0.4) is 0 Å². The second-order valence-electron chi connectivity index (χ2n) is 10.7. The fourth-order valence-corrected chi connectivity index (χ4v) is 4.63. The van der Waals surface area contributed by atoms with E-state index in [0.29, 0.717) is 17.1 Å². The summed E-state index contributed by atoms with van der Waals surface area (Å²) < 4.78 is 7.56. The molecule has 0 aliphatic heterocycles. The number of benzene rings is 1. The topological polar surface area (TPSA) is 85.8 Å². The fraction of sp³-hybridized carbons (Fsp3) is 0.379. The average Bonchev–Trinajstić information content (AvgIpc) is 3.56. The molecule has 1 aliphatic carbocycles. The molecule has 7 heteroatoms. The second-order valence-corrected chi connectivity index (χ2v) is 10.7. The van der Waals surface area contributed by atoms with Crippen molar-refractivity contribution in [1.29, 1.82) is 0 Å². The SMILES string of the molecule is Cc1ncc(-c2ccc(=O)n(C3CCCC3)c2)nc1-c1cc(-c2ccc(CNC(C)(C)C)cc2)no1.[HH]. The molecule has 36 heavy (non-hydrogen) atoms. The molecule has 3 aromatic heterocycles. The molecule has 1 saturated carbocycles. The smallest absolute Gasteiger partial charge is 0.250 e. The van der Waals surface area contributed by atoms with Crippen molar-refractivity contribution in [2.24, 2.45) is 0 Å². The summed E-state index contributed by atoms with van der Waals surface area (Å²) in [5.41, 5.74) is 6.03. The third kappa shape index (κ3) is 5.31. The minimum Gasteiger partial charge on any atom is -0.354 e. The highest BCUT2D eigenvalue weighted by Gasteiger charge is 2.19. The van der Waals surface area contributed by atoms with E-state index in [9.17, 15) is 4.79 Å². The molecular formula is C29H35N5O2. The summed E-state index contributed by atoms with van der Waals surface area (Å²) in [5.74, 6) is 0.569. The van der Waals surface area contributed by atoms with Crippen LogP contribution in [0, 0.1) is 6.92 Å². The van der Waals surface area contributed by atoms with Crippen LogP contribution in [0.1, 0.15) is 65.2 Å². The molecule has 1 aromatic carbocycles. The molecule has 0 atom stereocenters. The van der Waals surface area contributed by atoms with Gasteiger partial charge in [0.1, 0.15) is 11.4 Å². The Bertz CT molecular complexity index is 1410. The zero-order valence-corrected chi connectivity index (χ0v) is 21.4. The summed E-state index contributed by atoms with van der Waals surface area (Å²) in [7, 11) is 0. The summed E-state index contributed by atoms with van der Waals surface area (Å²) in [6.45, 7) is 9.19. The molecular weight excluding hydrogens is 450 g/mol. The molecule has 5 rings (SSSR count). The molecule has 0 radical (unpaired) electrons. The van der Waals surface area contributed by atoms with Crippen LogP contribution in [0.2, 0.25) is 0 Å². The van der Waals surface area contributed by atoms with E-state index in [2.05, 4.69) is 60.5 Å². The van der Waals surface area contributed by atoms with E-state index in [1.807, 2.05) is 29.8 Å². The van der Waals surface area contributed by atoms with Crippen molar-refractivity contribution >= 4 is 0 Å². The Morgan fingerprint density at radius 3 is 2.50 bits per heavy atom. The quantitative estimate of drug-likeness (QED) is 0.351. The van der Waals surface area contributed by atoms with Crippen molar-refractivity contribution in [1.82, 2.24) is 25.0 Å². The molecule has 0 unspecified atom stereocenters. The van der Waals surface area contributed by atoms with Gasteiger partial charge >= 0.3 is 0 Å². The lowest BCUT2D eigenvalue weighted by Crippen LogP contribution is -2.35. The normalized spacial score (nSPS) is 14.4. The molecule has 1 fully saturated rings. The molecule has 1 aliphatic rings. The number of nitrogens with zero attached hydrogens (tertiary/aromatic N) is 4. The Balaban J connectivity index is 0.00000320. The van der Waals surface area contributed by atoms with Crippen molar-refractivity contribution in [2.45, 2.75) is 71.5 Å². The van der Waals surface area contributed by atoms with Gasteiger partial charge in [-0.05, 0) is 52.2 Å². The van der Waals surface area contributed by atoms with Gasteiger partial charge < -0.3 is 14.4 Å². The van der Waals surface area contributed by atoms with Crippen molar-refractivity contribution in [3.8, 4) is 34.0 Å². The van der Waals surface area contributed by atoms with Crippen LogP contribution in [-0.4, -0.2) is 25.2 Å². The average molecular weight is 486 g/mol. The van der Waals surface area contributed by atoms with Crippen molar-refractivity contribution in [3.05, 3.63) is 76.5 Å². The predicted molar refractivity (Wildman–Crippen MR) is 144 cm³/mol. The minimum absolute atomic E-state index is 0. The fourth-order valence-electron chi connectivity index (χ4n) is 4.63. The molecule has 4 aromatic rings. The van der Waals surface area contributed by atoms with Gasteiger partial charge in [-0.3, -0.25) is 9.78 Å². The molecule has 0 bridgehead atoms. The zero-order chi connectivity index (χ0) is 25.3. The van der Waals surface area contributed by atoms with Crippen LogP contribution in [-0.2, 0) is 6.54 Å². The highest BCUT2D eigenvalue weighted by atomic mass is 16.5. The van der Waals surface area contributed by atoms with Gasteiger partial charge in [0.05, 0.1) is 17.6 Å². The largest absolute Gasteiger partial charge is 0.354 e. The Labute approximate surface area is 213 Å². The number of rotatable bonds is 6. The standard InChI is InChI=1S/C29H33N5O2.H2/c1-19-28(26-15-24(33-36-26)21-11-9-20(10-12-21)16-31-29(2,3)4)32-25(17-30-19)22-13-14-27(35)34(18-22)23-7-5-6-8-23;/h9-15,17-18,23,31H,5-8,16H2,1-4H3;1H. The summed E-state index contributed by atoms with van der Waals surface area (Å²) in [6, 6.07) is 13.9. The zero-order valence-electron chi connectivity index (χ0n) is 21.4. The third-order valence-corrected chi connectivity index (χ3v) is 6.72. The lowest BCUT2D eigenvalue weighted by Gasteiger charge is -2.20. The van der Waals surface area contributed by atoms with Crippen molar-refractivity contribution < 1.29 is 5.95 Å². The molecule has 7 nitrogen and oxygen atoms in total. The Morgan fingerprint density at radius 2 is 1.78 bits per heavy atom. The first-order chi connectivity index (χ1) is 17.3. The second kappa shape index (κ2) is 9.82. The van der Waals surface area contributed by atoms with Crippen LogP contribution >= 0.6 is 0 Å². The Hall–Kier alpha value is -3.58. The highest BCUT2D eigenvalue weighted by Crippen LogP contribution is 2.31. The van der Waals surface area contributed by atoms with E-state index in [1.165, 1.54) is 18.4 Å². The first-order valence-corrected chi connectivity index (χ1v) is 12.6. The third-order valence-electron chi connectivity index (χ3n) is 6.72. The number of aromatic nitrogens is 4. The molecule has 0 saturated heterocycles. The Morgan fingerprint density at radius 1 is 1.06 bits per heavy atom. The highest BCUT2D eigenvalue weighted by molar-refractivity contribution is 5.68. The van der Waals surface area contributed by atoms with Crippen LogP contribution in [0.5, 0.6) is 0 Å². The number of pyridine rings is 1. The first kappa shape index (κ1) is 24.1. The lowest BCUT2D eigenvalue weighted by molar-refractivity contribution is 0.424. The molecule has 3 heterocycles. The van der Waals surface area contributed by atoms with Crippen LogP contribution in [0.4, 0.5) is 0 Å². The van der Waals surface area contributed by atoms with Gasteiger partial charge in [-0.2, -0.15) is 0 Å². The number of aryl methyl sites for hydroxylation is 1. The van der Waals surface area contributed by atoms with Gasteiger partial charge in [-0.25, -0.2) is 4.98 Å². The van der Waals surface area contributed by atoms with Gasteiger partial charge in [0, 0.05) is 49.0 Å². The maximum atomic E-state index is 12.5. The van der Waals surface area contributed by atoms with Crippen LogP contribution in [0.25, 0.3) is 34.0 Å². The van der Waals surface area contributed by atoms with Gasteiger partial charge in [0.2, 0.25) is 0 Å². The first-order valence-electron chi connectivity index (χ1n) is 12.6.